The number of halogens is 1. The maximum atomic E-state index is 13.6. The number of carbonyl (C=O) groups excluding carboxylic acids is 2. The smallest absolute Gasteiger partial charge is 0.248 e. The van der Waals surface area contributed by atoms with Crippen LogP contribution in [0.1, 0.15) is 42.2 Å². The lowest BCUT2D eigenvalue weighted by atomic mass is 10.0. The highest BCUT2D eigenvalue weighted by atomic mass is 32.1. The van der Waals surface area contributed by atoms with Crippen LogP contribution in [0.25, 0.3) is 0 Å². The molecule has 1 aromatic carbocycles. The molecule has 0 aliphatic heterocycles. The molecule has 1 N–H and O–H groups in total. The van der Waals surface area contributed by atoms with Crippen LogP contribution in [-0.4, -0.2) is 17.9 Å². The van der Waals surface area contributed by atoms with Crippen LogP contribution in [0, 0.1) is 5.82 Å². The highest BCUT2D eigenvalue weighted by Crippen LogP contribution is 2.31. The fraction of sp³-hybridized carbons (Fsp3) is 0.304. The van der Waals surface area contributed by atoms with Gasteiger partial charge in [0.25, 0.3) is 0 Å². The van der Waals surface area contributed by atoms with E-state index in [1.54, 1.807) is 12.1 Å². The van der Waals surface area contributed by atoms with E-state index in [1.165, 1.54) is 39.7 Å². The minimum Gasteiger partial charge on any atom is -0.351 e. The van der Waals surface area contributed by atoms with Gasteiger partial charge in [0.15, 0.2) is 0 Å². The molecule has 1 aliphatic rings. The molecular weight excluding hydrogens is 419 g/mol. The van der Waals surface area contributed by atoms with Gasteiger partial charge in [0.1, 0.15) is 11.9 Å². The van der Waals surface area contributed by atoms with Gasteiger partial charge in [-0.05, 0) is 70.9 Å². The number of nitrogens with zero attached hydrogens (tertiary/aromatic N) is 1. The van der Waals surface area contributed by atoms with Gasteiger partial charge < -0.3 is 5.32 Å². The van der Waals surface area contributed by atoms with Gasteiger partial charge in [-0.2, -0.15) is 11.3 Å². The maximum absolute atomic E-state index is 13.6. The van der Waals surface area contributed by atoms with Crippen molar-refractivity contribution in [1.82, 2.24) is 5.32 Å². The van der Waals surface area contributed by atoms with Crippen LogP contribution in [0.3, 0.4) is 0 Å². The van der Waals surface area contributed by atoms with Gasteiger partial charge in [-0.1, -0.05) is 18.9 Å². The summed E-state index contributed by atoms with van der Waals surface area (Å²) in [5.41, 5.74) is 1.27. The third kappa shape index (κ3) is 4.79. The molecule has 2 amide bonds. The lowest BCUT2D eigenvalue weighted by Crippen LogP contribution is -2.46. The number of thiophene rings is 2. The number of benzene rings is 1. The predicted octanol–water partition coefficient (Wildman–Crippen LogP) is 5.32. The van der Waals surface area contributed by atoms with Gasteiger partial charge in [-0.15, -0.1) is 11.3 Å². The van der Waals surface area contributed by atoms with Crippen LogP contribution in [0.5, 0.6) is 0 Å². The van der Waals surface area contributed by atoms with Crippen LogP contribution in [-0.2, 0) is 16.0 Å². The number of amides is 2. The van der Waals surface area contributed by atoms with Crippen molar-refractivity contribution in [2.45, 2.75) is 44.2 Å². The largest absolute Gasteiger partial charge is 0.351 e. The topological polar surface area (TPSA) is 49.4 Å². The van der Waals surface area contributed by atoms with Crippen molar-refractivity contribution in [1.29, 1.82) is 0 Å². The van der Waals surface area contributed by atoms with Crippen molar-refractivity contribution < 1.29 is 14.0 Å². The summed E-state index contributed by atoms with van der Waals surface area (Å²) < 4.78 is 13.6. The molecule has 2 aromatic heterocycles. The van der Waals surface area contributed by atoms with Crippen molar-refractivity contribution in [3.8, 4) is 0 Å². The third-order valence-corrected chi connectivity index (χ3v) is 6.92. The number of hydrogen-bond acceptors (Lipinski definition) is 4. The molecule has 2 heterocycles. The predicted molar refractivity (Wildman–Crippen MR) is 119 cm³/mol. The molecule has 1 aliphatic carbocycles. The van der Waals surface area contributed by atoms with Crippen LogP contribution in [0.4, 0.5) is 10.1 Å². The Kier molecular flexibility index (Phi) is 6.59. The monoisotopic (exact) mass is 442 g/mol. The van der Waals surface area contributed by atoms with Crippen molar-refractivity contribution in [2.75, 3.05) is 4.90 Å². The highest BCUT2D eigenvalue weighted by molar-refractivity contribution is 7.10. The second-order valence-electron chi connectivity index (χ2n) is 7.45. The second-order valence-corrected chi connectivity index (χ2v) is 9.26. The van der Waals surface area contributed by atoms with E-state index in [2.05, 4.69) is 5.32 Å². The van der Waals surface area contributed by atoms with Crippen LogP contribution in [0.2, 0.25) is 0 Å². The Labute approximate surface area is 183 Å². The molecule has 7 heteroatoms. The zero-order valence-corrected chi connectivity index (χ0v) is 18.1. The Bertz CT molecular complexity index is 965. The third-order valence-electron chi connectivity index (χ3n) is 5.35. The van der Waals surface area contributed by atoms with Gasteiger partial charge in [0.05, 0.1) is 6.42 Å². The van der Waals surface area contributed by atoms with Crippen molar-refractivity contribution in [2.24, 2.45) is 0 Å². The lowest BCUT2D eigenvalue weighted by Gasteiger charge is -2.32. The number of hydrogen-bond donors (Lipinski definition) is 1. The first-order valence-corrected chi connectivity index (χ1v) is 11.9. The van der Waals surface area contributed by atoms with Crippen molar-refractivity contribution in [3.05, 3.63) is 74.9 Å². The van der Waals surface area contributed by atoms with Gasteiger partial charge in [0.2, 0.25) is 11.8 Å². The average Bonchev–Trinajstić information content (AvgIpc) is 3.50. The minimum atomic E-state index is -0.797. The molecule has 1 atom stereocenters. The molecule has 0 spiro atoms. The number of rotatable bonds is 7. The quantitative estimate of drug-likeness (QED) is 0.538. The van der Waals surface area contributed by atoms with E-state index in [0.717, 1.165) is 36.1 Å². The molecular formula is C23H23FN2O2S2. The molecule has 4 nitrogen and oxygen atoms in total. The Balaban J connectivity index is 1.70. The average molecular weight is 443 g/mol. The molecule has 0 bridgehead atoms. The highest BCUT2D eigenvalue weighted by Gasteiger charge is 2.34. The van der Waals surface area contributed by atoms with E-state index in [0.29, 0.717) is 5.69 Å². The molecule has 4 rings (SSSR count). The van der Waals surface area contributed by atoms with Crippen LogP contribution in [0.15, 0.2) is 58.6 Å². The molecule has 3 aromatic rings. The van der Waals surface area contributed by atoms with Gasteiger partial charge in [-0.25, -0.2) is 4.39 Å². The number of anilines is 1. The van der Waals surface area contributed by atoms with Crippen LogP contribution >= 0.6 is 22.7 Å². The van der Waals surface area contributed by atoms with E-state index < -0.39 is 6.04 Å². The van der Waals surface area contributed by atoms with Crippen molar-refractivity contribution in [3.63, 3.8) is 0 Å². The van der Waals surface area contributed by atoms with Gasteiger partial charge in [-0.3, -0.25) is 14.5 Å². The second kappa shape index (κ2) is 9.53. The zero-order chi connectivity index (χ0) is 20.9. The summed E-state index contributed by atoms with van der Waals surface area (Å²) in [6, 6.07) is 10.8. The molecule has 30 heavy (non-hydrogen) atoms. The Hall–Kier alpha value is -2.51. The summed E-state index contributed by atoms with van der Waals surface area (Å²) in [6.45, 7) is 0. The Morgan fingerprint density at radius 1 is 1.10 bits per heavy atom. The normalized spacial score (nSPS) is 15.1. The maximum Gasteiger partial charge on any atom is 0.248 e. The van der Waals surface area contributed by atoms with E-state index in [4.69, 9.17) is 0 Å². The van der Waals surface area contributed by atoms with E-state index in [-0.39, 0.29) is 30.1 Å². The van der Waals surface area contributed by atoms with Crippen LogP contribution < -0.4 is 10.2 Å². The molecule has 156 valence electrons. The fourth-order valence-electron chi connectivity index (χ4n) is 3.88. The molecule has 1 saturated carbocycles. The standard InChI is InChI=1S/C23H23FN2O2S2/c24-17-7-9-19(10-8-17)26(21(27)14-20-6-3-12-30-20)22(16-11-13-29-15-16)23(28)25-18-4-1-2-5-18/h3,6-13,15,18,22H,1-2,4-5,14H2,(H,25,28)/t22-/m0/s1. The van der Waals surface area contributed by atoms with E-state index >= 15 is 0 Å². The first-order valence-electron chi connectivity index (χ1n) is 10.0. The molecule has 0 unspecified atom stereocenters. The fourth-order valence-corrected chi connectivity index (χ4v) is 5.26. The Morgan fingerprint density at radius 2 is 1.87 bits per heavy atom. The summed E-state index contributed by atoms with van der Waals surface area (Å²) in [5, 5.41) is 8.86. The lowest BCUT2D eigenvalue weighted by molar-refractivity contribution is -0.126. The van der Waals surface area contributed by atoms with E-state index in [9.17, 15) is 14.0 Å². The SMILES string of the molecule is O=C(NC1CCCC1)[C@H](c1ccsc1)N(C(=O)Cc1cccs1)c1ccc(F)cc1. The molecule has 1 fully saturated rings. The first-order chi connectivity index (χ1) is 14.6. The van der Waals surface area contributed by atoms with Gasteiger partial charge >= 0.3 is 0 Å². The summed E-state index contributed by atoms with van der Waals surface area (Å²) in [5.74, 6) is -0.766. The first kappa shape index (κ1) is 20.8. The summed E-state index contributed by atoms with van der Waals surface area (Å²) in [7, 11) is 0. The zero-order valence-electron chi connectivity index (χ0n) is 16.4. The number of nitrogens with one attached hydrogen (secondary N) is 1. The number of carbonyl (C=O) groups is 2. The molecule has 0 radical (unpaired) electrons. The summed E-state index contributed by atoms with van der Waals surface area (Å²) in [4.78, 5) is 29.3. The molecule has 0 saturated heterocycles. The van der Waals surface area contributed by atoms with Gasteiger partial charge in [0, 0.05) is 16.6 Å². The minimum absolute atomic E-state index is 0.140. The summed E-state index contributed by atoms with van der Waals surface area (Å²) in [6.07, 6.45) is 4.32. The summed E-state index contributed by atoms with van der Waals surface area (Å²) >= 11 is 2.99. The van der Waals surface area contributed by atoms with E-state index in [1.807, 2.05) is 34.3 Å². The van der Waals surface area contributed by atoms with Crippen molar-refractivity contribution >= 4 is 40.2 Å². The Morgan fingerprint density at radius 3 is 2.50 bits per heavy atom.